The van der Waals surface area contributed by atoms with Crippen LogP contribution in [0.1, 0.15) is 11.1 Å². The monoisotopic (exact) mass is 174 g/mol. The van der Waals surface area contributed by atoms with Crippen molar-refractivity contribution in [2.75, 3.05) is 0 Å². The normalized spacial score (nSPS) is 7.69. The molecule has 0 saturated carbocycles. The van der Waals surface area contributed by atoms with Crippen molar-refractivity contribution in [3.63, 3.8) is 0 Å². The Hall–Kier alpha value is -1.76. The fourth-order valence-corrected chi connectivity index (χ4v) is 0.883. The van der Waals surface area contributed by atoms with Gasteiger partial charge >= 0.3 is 0 Å². The second-order valence-corrected chi connectivity index (χ2v) is 2.22. The van der Waals surface area contributed by atoms with Gasteiger partial charge in [-0.25, -0.2) is 0 Å². The van der Waals surface area contributed by atoms with Gasteiger partial charge in [-0.15, -0.1) is 0 Å². The third kappa shape index (κ3) is 3.97. The number of hydrogen-bond donors (Lipinski definition) is 1. The van der Waals surface area contributed by atoms with Crippen molar-refractivity contribution in [3.05, 3.63) is 61.4 Å². The lowest BCUT2D eigenvalue weighted by molar-refractivity contribution is 0.476. The molecule has 0 bridgehead atoms. The predicted molar refractivity (Wildman–Crippen MR) is 59.4 cm³/mol. The molecule has 1 N–H and O–H groups in total. The Balaban J connectivity index is 0.000000424. The van der Waals surface area contributed by atoms with Crippen LogP contribution in [0, 0.1) is 0 Å². The molecular formula is C12H14O. The van der Waals surface area contributed by atoms with Gasteiger partial charge in [0, 0.05) is 0 Å². The van der Waals surface area contributed by atoms with Gasteiger partial charge < -0.3 is 5.11 Å². The van der Waals surface area contributed by atoms with Crippen LogP contribution in [0.3, 0.4) is 0 Å². The van der Waals surface area contributed by atoms with Crippen LogP contribution in [0.5, 0.6) is 0 Å². The summed E-state index contributed by atoms with van der Waals surface area (Å²) in [5.41, 5.74) is 2.27. The van der Waals surface area contributed by atoms with E-state index in [2.05, 4.69) is 19.7 Å². The molecule has 0 fully saturated rings. The van der Waals surface area contributed by atoms with Crippen LogP contribution in [0.25, 0.3) is 12.2 Å². The van der Waals surface area contributed by atoms with E-state index in [1.165, 1.54) is 0 Å². The highest BCUT2D eigenvalue weighted by Gasteiger charge is 1.89. The average molecular weight is 174 g/mol. The van der Waals surface area contributed by atoms with E-state index in [0.717, 1.165) is 17.4 Å². The number of aliphatic hydroxyl groups excluding tert-OH is 1. The molecule has 1 rings (SSSR count). The molecule has 13 heavy (non-hydrogen) atoms. The molecule has 68 valence electrons. The van der Waals surface area contributed by atoms with E-state index in [0.29, 0.717) is 0 Å². The zero-order chi connectivity index (χ0) is 10.1. The summed E-state index contributed by atoms with van der Waals surface area (Å²) in [6.45, 7) is 10.3. The fraction of sp³-hybridized carbons (Fsp3) is 0. The summed E-state index contributed by atoms with van der Waals surface area (Å²) in [6, 6.07) is 8.02. The van der Waals surface area contributed by atoms with Crippen LogP contribution in [0.4, 0.5) is 0 Å². The summed E-state index contributed by atoms with van der Waals surface area (Å²) in [4.78, 5) is 0. The summed E-state index contributed by atoms with van der Waals surface area (Å²) in [7, 11) is 0. The van der Waals surface area contributed by atoms with Gasteiger partial charge in [-0.1, -0.05) is 56.2 Å². The van der Waals surface area contributed by atoms with Crippen molar-refractivity contribution in [2.45, 2.75) is 0 Å². The molecule has 0 amide bonds. The second-order valence-electron chi connectivity index (χ2n) is 2.22. The first-order chi connectivity index (χ1) is 6.29. The molecule has 1 heteroatoms. The highest BCUT2D eigenvalue weighted by molar-refractivity contribution is 5.63. The van der Waals surface area contributed by atoms with Gasteiger partial charge in [0.2, 0.25) is 0 Å². The minimum absolute atomic E-state index is 0.750. The molecule has 1 nitrogen and oxygen atoms in total. The maximum atomic E-state index is 7.33. The lowest BCUT2D eigenvalue weighted by Crippen LogP contribution is -1.76. The third-order valence-electron chi connectivity index (χ3n) is 1.44. The number of hydrogen-bond acceptors (Lipinski definition) is 1. The molecule has 1 aromatic rings. The van der Waals surface area contributed by atoms with Crippen molar-refractivity contribution in [1.82, 2.24) is 0 Å². The van der Waals surface area contributed by atoms with Gasteiger partial charge in [0.1, 0.15) is 0 Å². The highest BCUT2D eigenvalue weighted by atomic mass is 16.2. The van der Waals surface area contributed by atoms with Gasteiger partial charge in [0.25, 0.3) is 0 Å². The molecular weight excluding hydrogens is 160 g/mol. The van der Waals surface area contributed by atoms with E-state index < -0.39 is 0 Å². The van der Waals surface area contributed by atoms with E-state index in [9.17, 15) is 0 Å². The topological polar surface area (TPSA) is 20.2 Å². The Morgan fingerprint density at radius 2 is 1.23 bits per heavy atom. The van der Waals surface area contributed by atoms with Crippen LogP contribution in [0.2, 0.25) is 0 Å². The van der Waals surface area contributed by atoms with Crippen molar-refractivity contribution in [1.29, 1.82) is 0 Å². The molecule has 0 aromatic heterocycles. The molecule has 0 heterocycles. The van der Waals surface area contributed by atoms with Gasteiger partial charge in [0.05, 0.1) is 6.26 Å². The zero-order valence-corrected chi connectivity index (χ0v) is 7.61. The predicted octanol–water partition coefficient (Wildman–Crippen LogP) is 3.66. The van der Waals surface area contributed by atoms with Gasteiger partial charge in [-0.3, -0.25) is 0 Å². The molecule has 0 unspecified atom stereocenters. The van der Waals surface area contributed by atoms with Crippen molar-refractivity contribution in [3.8, 4) is 0 Å². The molecule has 0 saturated heterocycles. The van der Waals surface area contributed by atoms with E-state index in [1.54, 1.807) is 0 Å². The Labute approximate surface area is 79.4 Å². The van der Waals surface area contributed by atoms with E-state index >= 15 is 0 Å². The van der Waals surface area contributed by atoms with Crippen LogP contribution >= 0.6 is 0 Å². The van der Waals surface area contributed by atoms with Crippen LogP contribution in [0.15, 0.2) is 50.3 Å². The Morgan fingerprint density at radius 1 is 0.923 bits per heavy atom. The quantitative estimate of drug-likeness (QED) is 0.678. The van der Waals surface area contributed by atoms with E-state index in [1.807, 2.05) is 36.4 Å². The first-order valence-electron chi connectivity index (χ1n) is 3.89. The molecule has 0 aliphatic rings. The minimum atomic E-state index is 0.750. The lowest BCUT2D eigenvalue weighted by atomic mass is 10.1. The van der Waals surface area contributed by atoms with Crippen molar-refractivity contribution >= 4 is 12.2 Å². The fourth-order valence-electron chi connectivity index (χ4n) is 0.883. The smallest absolute Gasteiger partial charge is 0.0719 e. The summed E-state index contributed by atoms with van der Waals surface area (Å²) >= 11 is 0. The number of benzene rings is 1. The molecule has 0 radical (unpaired) electrons. The summed E-state index contributed by atoms with van der Waals surface area (Å²) in [5.74, 6) is 0. The first-order valence-corrected chi connectivity index (χ1v) is 3.89. The molecule has 1 aromatic carbocycles. The van der Waals surface area contributed by atoms with Gasteiger partial charge in [-0.05, 0) is 11.1 Å². The van der Waals surface area contributed by atoms with Crippen LogP contribution < -0.4 is 0 Å². The summed E-state index contributed by atoms with van der Waals surface area (Å²) in [6.07, 6.45) is 4.41. The maximum Gasteiger partial charge on any atom is 0.0719 e. The second kappa shape index (κ2) is 6.92. The van der Waals surface area contributed by atoms with E-state index in [4.69, 9.17) is 5.11 Å². The van der Waals surface area contributed by atoms with Crippen molar-refractivity contribution in [2.24, 2.45) is 0 Å². The number of rotatable bonds is 2. The zero-order valence-electron chi connectivity index (χ0n) is 7.61. The highest BCUT2D eigenvalue weighted by Crippen LogP contribution is 2.10. The summed E-state index contributed by atoms with van der Waals surface area (Å²) in [5, 5.41) is 7.33. The molecule has 0 aliphatic carbocycles. The summed E-state index contributed by atoms with van der Waals surface area (Å²) < 4.78 is 0. The largest absolute Gasteiger partial charge is 0.516 e. The third-order valence-corrected chi connectivity index (χ3v) is 1.44. The first kappa shape index (κ1) is 11.2. The Kier molecular flexibility index (Phi) is 5.98. The van der Waals surface area contributed by atoms with Crippen LogP contribution in [-0.2, 0) is 0 Å². The lowest BCUT2D eigenvalue weighted by Gasteiger charge is -1.96. The SMILES string of the molecule is C=CO.C=Cc1ccccc1C=C. The van der Waals surface area contributed by atoms with Crippen molar-refractivity contribution < 1.29 is 5.11 Å². The number of aliphatic hydroxyl groups is 1. The molecule has 0 atom stereocenters. The minimum Gasteiger partial charge on any atom is -0.516 e. The van der Waals surface area contributed by atoms with Gasteiger partial charge in [0.15, 0.2) is 0 Å². The van der Waals surface area contributed by atoms with E-state index in [-0.39, 0.29) is 0 Å². The van der Waals surface area contributed by atoms with Gasteiger partial charge in [-0.2, -0.15) is 0 Å². The van der Waals surface area contributed by atoms with Crippen LogP contribution in [-0.4, -0.2) is 5.11 Å². The maximum absolute atomic E-state index is 7.33. The average Bonchev–Trinajstić information content (AvgIpc) is 2.19. The standard InChI is InChI=1S/C10H10.C2H4O/c1-3-9-7-5-6-8-10(9)4-2;1-2-3/h3-8H,1-2H2;2-3H,1H2. The Morgan fingerprint density at radius 3 is 1.46 bits per heavy atom. The molecule has 0 spiro atoms. The molecule has 0 aliphatic heterocycles. The Bertz CT molecular complexity index is 260.